The van der Waals surface area contributed by atoms with Gasteiger partial charge >= 0.3 is 0 Å². The van der Waals surface area contributed by atoms with Gasteiger partial charge in [0.05, 0.1) is 6.61 Å². The first kappa shape index (κ1) is 14.2. The van der Waals surface area contributed by atoms with Crippen molar-refractivity contribution in [3.8, 4) is 0 Å². The predicted molar refractivity (Wildman–Crippen MR) is 66.4 cm³/mol. The molecular weight excluding hydrogens is 186 g/mol. The van der Waals surface area contributed by atoms with Crippen molar-refractivity contribution in [3.05, 3.63) is 23.9 Å². The van der Waals surface area contributed by atoms with Crippen LogP contribution in [0.25, 0.3) is 0 Å². The molecular formula is C13H25NO. The van der Waals surface area contributed by atoms with Crippen LogP contribution in [-0.4, -0.2) is 11.7 Å². The zero-order valence-corrected chi connectivity index (χ0v) is 10.1. The molecule has 0 fully saturated rings. The first-order valence-corrected chi connectivity index (χ1v) is 5.94. The third-order valence-corrected chi connectivity index (χ3v) is 2.55. The summed E-state index contributed by atoms with van der Waals surface area (Å²) >= 11 is 0. The average Bonchev–Trinajstić information content (AvgIpc) is 2.23. The van der Waals surface area contributed by atoms with Gasteiger partial charge in [-0.25, -0.2) is 0 Å². The number of aliphatic hydroxyl groups is 1. The largest absolute Gasteiger partial charge is 0.402 e. The van der Waals surface area contributed by atoms with E-state index >= 15 is 0 Å². The van der Waals surface area contributed by atoms with Crippen molar-refractivity contribution in [1.29, 1.82) is 0 Å². The summed E-state index contributed by atoms with van der Waals surface area (Å²) in [5, 5.41) is 8.70. The molecule has 1 atom stereocenters. The van der Waals surface area contributed by atoms with Gasteiger partial charge < -0.3 is 10.8 Å². The lowest BCUT2D eigenvalue weighted by molar-refractivity contribution is 0.340. The van der Waals surface area contributed by atoms with E-state index in [1.165, 1.54) is 12.8 Å². The summed E-state index contributed by atoms with van der Waals surface area (Å²) in [4.78, 5) is 0. The highest BCUT2D eigenvalue weighted by Crippen LogP contribution is 2.17. The van der Waals surface area contributed by atoms with Crippen LogP contribution in [0, 0.1) is 5.92 Å². The zero-order valence-electron chi connectivity index (χ0n) is 10.1. The first-order valence-electron chi connectivity index (χ1n) is 5.94. The van der Waals surface area contributed by atoms with Gasteiger partial charge in [0.2, 0.25) is 0 Å². The fourth-order valence-electron chi connectivity index (χ4n) is 1.50. The van der Waals surface area contributed by atoms with Crippen molar-refractivity contribution in [1.82, 2.24) is 0 Å². The van der Waals surface area contributed by atoms with Crippen LogP contribution in [-0.2, 0) is 0 Å². The highest BCUT2D eigenvalue weighted by Gasteiger charge is 2.05. The van der Waals surface area contributed by atoms with Crippen molar-refractivity contribution >= 4 is 0 Å². The maximum absolute atomic E-state index is 8.70. The Morgan fingerprint density at radius 1 is 1.33 bits per heavy atom. The maximum Gasteiger partial charge on any atom is 0.0631 e. The highest BCUT2D eigenvalue weighted by atomic mass is 16.2. The van der Waals surface area contributed by atoms with Crippen LogP contribution < -0.4 is 5.73 Å². The van der Waals surface area contributed by atoms with E-state index in [4.69, 9.17) is 10.8 Å². The predicted octanol–water partition coefficient (Wildman–Crippen LogP) is 2.98. The second-order valence-electron chi connectivity index (χ2n) is 3.94. The second kappa shape index (κ2) is 9.78. The summed E-state index contributed by atoms with van der Waals surface area (Å²) in [5.41, 5.74) is 6.58. The number of rotatable bonds is 8. The summed E-state index contributed by atoms with van der Waals surface area (Å²) < 4.78 is 0. The van der Waals surface area contributed by atoms with Gasteiger partial charge in [-0.2, -0.15) is 0 Å². The lowest BCUT2D eigenvalue weighted by Gasteiger charge is -2.12. The van der Waals surface area contributed by atoms with Gasteiger partial charge in [-0.15, -0.1) is 0 Å². The monoisotopic (exact) mass is 211 g/mol. The molecule has 0 saturated heterocycles. The normalized spacial score (nSPS) is 14.7. The number of hydrogen-bond donors (Lipinski definition) is 2. The van der Waals surface area contributed by atoms with E-state index in [2.05, 4.69) is 26.0 Å². The van der Waals surface area contributed by atoms with Crippen LogP contribution in [0.2, 0.25) is 0 Å². The molecule has 0 aliphatic carbocycles. The van der Waals surface area contributed by atoms with Gasteiger partial charge in [0.25, 0.3) is 0 Å². The van der Waals surface area contributed by atoms with Crippen LogP contribution in [0.5, 0.6) is 0 Å². The fraction of sp³-hybridized carbons (Fsp3) is 0.692. The van der Waals surface area contributed by atoms with Crippen molar-refractivity contribution in [2.45, 2.75) is 46.0 Å². The molecule has 0 rings (SSSR count). The minimum absolute atomic E-state index is 0.0495. The smallest absolute Gasteiger partial charge is 0.0631 e. The zero-order chi connectivity index (χ0) is 11.5. The fourth-order valence-corrected chi connectivity index (χ4v) is 1.50. The van der Waals surface area contributed by atoms with Crippen LogP contribution in [0.4, 0.5) is 0 Å². The Balaban J connectivity index is 3.87. The van der Waals surface area contributed by atoms with Gasteiger partial charge in [0, 0.05) is 5.70 Å². The van der Waals surface area contributed by atoms with E-state index in [0.717, 1.165) is 25.0 Å². The minimum Gasteiger partial charge on any atom is -0.402 e. The Labute approximate surface area is 93.9 Å². The number of allylic oxidation sites excluding steroid dienone is 3. The molecule has 0 aliphatic rings. The molecule has 15 heavy (non-hydrogen) atoms. The molecule has 0 radical (unpaired) electrons. The summed E-state index contributed by atoms with van der Waals surface area (Å²) in [5.74, 6) is 0.612. The lowest BCUT2D eigenvalue weighted by Crippen LogP contribution is -2.06. The Bertz CT molecular complexity index is 197. The molecule has 0 spiro atoms. The minimum atomic E-state index is 0.0495. The topological polar surface area (TPSA) is 46.2 Å². The molecule has 0 aromatic carbocycles. The number of aliphatic hydroxyl groups excluding tert-OH is 1. The van der Waals surface area contributed by atoms with Gasteiger partial charge in [0.1, 0.15) is 0 Å². The van der Waals surface area contributed by atoms with Crippen molar-refractivity contribution in [2.24, 2.45) is 11.7 Å². The van der Waals surface area contributed by atoms with Gasteiger partial charge in [-0.3, -0.25) is 0 Å². The van der Waals surface area contributed by atoms with Crippen molar-refractivity contribution in [3.63, 3.8) is 0 Å². The number of unbranched alkanes of at least 4 members (excludes halogenated alkanes) is 1. The summed E-state index contributed by atoms with van der Waals surface area (Å²) in [6.07, 6.45) is 11.7. The first-order chi connectivity index (χ1) is 7.24. The van der Waals surface area contributed by atoms with E-state index in [1.807, 2.05) is 0 Å². The van der Waals surface area contributed by atoms with Crippen LogP contribution in [0.1, 0.15) is 46.0 Å². The molecule has 0 bridgehead atoms. The molecule has 1 unspecified atom stereocenters. The van der Waals surface area contributed by atoms with Crippen molar-refractivity contribution < 1.29 is 5.11 Å². The Kier molecular flexibility index (Phi) is 9.29. The van der Waals surface area contributed by atoms with E-state index in [0.29, 0.717) is 5.92 Å². The molecule has 3 N–H and O–H groups in total. The molecule has 0 heterocycles. The van der Waals surface area contributed by atoms with Crippen LogP contribution in [0.3, 0.4) is 0 Å². The Morgan fingerprint density at radius 2 is 2.07 bits per heavy atom. The lowest BCUT2D eigenvalue weighted by atomic mass is 9.96. The quantitative estimate of drug-likeness (QED) is 0.606. The molecule has 0 amide bonds. The average molecular weight is 211 g/mol. The van der Waals surface area contributed by atoms with Crippen molar-refractivity contribution in [2.75, 3.05) is 6.61 Å². The molecule has 0 aromatic heterocycles. The van der Waals surface area contributed by atoms with E-state index in [-0.39, 0.29) is 6.61 Å². The van der Waals surface area contributed by atoms with Crippen LogP contribution in [0.15, 0.2) is 23.9 Å². The molecule has 2 nitrogen and oxygen atoms in total. The summed E-state index contributed by atoms with van der Waals surface area (Å²) in [7, 11) is 0. The summed E-state index contributed by atoms with van der Waals surface area (Å²) in [6.45, 7) is 4.42. The maximum atomic E-state index is 8.70. The SMILES string of the molecule is CCC/C=C\CC(CC)C/C(N)=C\CO. The molecule has 2 heteroatoms. The van der Waals surface area contributed by atoms with Gasteiger partial charge in [-0.05, 0) is 31.3 Å². The third kappa shape index (κ3) is 8.25. The Morgan fingerprint density at radius 3 is 2.60 bits per heavy atom. The van der Waals surface area contributed by atoms with Gasteiger partial charge in [0.15, 0.2) is 0 Å². The second-order valence-corrected chi connectivity index (χ2v) is 3.94. The summed E-state index contributed by atoms with van der Waals surface area (Å²) in [6, 6.07) is 0. The standard InChI is InChI=1S/C13H25NO/c1-3-5-6-7-8-12(4-2)11-13(14)9-10-15/h6-7,9,12,15H,3-5,8,10-11,14H2,1-2H3/b7-6-,13-9+. The van der Waals surface area contributed by atoms with E-state index in [1.54, 1.807) is 6.08 Å². The van der Waals surface area contributed by atoms with E-state index < -0.39 is 0 Å². The van der Waals surface area contributed by atoms with Gasteiger partial charge in [-0.1, -0.05) is 38.8 Å². The van der Waals surface area contributed by atoms with Crippen LogP contribution >= 0.6 is 0 Å². The highest BCUT2D eigenvalue weighted by molar-refractivity contribution is 4.98. The Hall–Kier alpha value is -0.760. The molecule has 0 aliphatic heterocycles. The molecule has 88 valence electrons. The molecule has 0 aromatic rings. The third-order valence-electron chi connectivity index (χ3n) is 2.55. The number of hydrogen-bond acceptors (Lipinski definition) is 2. The number of nitrogens with two attached hydrogens (primary N) is 1. The molecule has 0 saturated carbocycles. The van der Waals surface area contributed by atoms with E-state index in [9.17, 15) is 0 Å².